The first-order valence-electron chi connectivity index (χ1n) is 9.52. The largest absolute Gasteiger partial charge is 0.409 e. The van der Waals surface area contributed by atoms with E-state index in [0.29, 0.717) is 5.82 Å². The van der Waals surface area contributed by atoms with E-state index in [1.54, 1.807) is 12.4 Å². The lowest BCUT2D eigenvalue weighted by Gasteiger charge is -2.37. The molecule has 2 atom stereocenters. The second-order valence-electron chi connectivity index (χ2n) is 6.93. The number of H-pyrrole nitrogens is 1. The first-order chi connectivity index (χ1) is 14.3. The van der Waals surface area contributed by atoms with Crippen molar-refractivity contribution in [3.8, 4) is 11.7 Å². The number of fused-ring (bicyclic) bond motifs is 1. The fraction of sp³-hybridized carbons (Fsp3) is 0.316. The van der Waals surface area contributed by atoms with E-state index in [2.05, 4.69) is 40.7 Å². The van der Waals surface area contributed by atoms with Crippen LogP contribution in [0.4, 0.5) is 0 Å². The Hall–Kier alpha value is -3.37. The van der Waals surface area contributed by atoms with Crippen molar-refractivity contribution in [3.05, 3.63) is 42.4 Å². The molecule has 3 N–H and O–H groups in total. The highest BCUT2D eigenvalue weighted by Gasteiger charge is 2.30. The minimum atomic E-state index is -0.438. The van der Waals surface area contributed by atoms with Crippen LogP contribution in [-0.2, 0) is 0 Å². The van der Waals surface area contributed by atoms with Crippen LogP contribution in [0.25, 0.3) is 22.7 Å². The van der Waals surface area contributed by atoms with E-state index in [1.807, 2.05) is 30.3 Å². The highest BCUT2D eigenvalue weighted by atomic mass is 16.4. The number of aromatic amines is 1. The normalized spacial score (nSPS) is 22.2. The van der Waals surface area contributed by atoms with E-state index in [9.17, 15) is 4.79 Å². The van der Waals surface area contributed by atoms with Crippen molar-refractivity contribution in [1.29, 1.82) is 0 Å². The number of nitrogens with zero attached hydrogens (tertiary/aromatic N) is 5. The molecule has 0 radical (unpaired) electrons. The average molecular weight is 392 g/mol. The first-order valence-corrected chi connectivity index (χ1v) is 9.52. The fourth-order valence-electron chi connectivity index (χ4n) is 3.62. The summed E-state index contributed by atoms with van der Waals surface area (Å²) < 4.78 is 5.57. The molecule has 4 heterocycles. The standard InChI is InChI=1S/C19H20N8O2/c28-17(24-14-11-21-6-5-15(14)27-9-7-20-8-10-27)19-26-25-18(29-19)16-22-12-3-1-2-4-13(12)23-16/h1-6,11,14-15,20H,7-10H2,(H,22,23)(H,24,28). The van der Waals surface area contributed by atoms with Gasteiger partial charge in [0.25, 0.3) is 5.89 Å². The first kappa shape index (κ1) is 17.7. The van der Waals surface area contributed by atoms with Gasteiger partial charge in [0.05, 0.1) is 23.1 Å². The van der Waals surface area contributed by atoms with E-state index >= 15 is 0 Å². The fourth-order valence-corrected chi connectivity index (χ4v) is 3.62. The Balaban J connectivity index is 1.31. The Bertz CT molecular complexity index is 1050. The number of hydrogen-bond acceptors (Lipinski definition) is 8. The Morgan fingerprint density at radius 2 is 2.07 bits per heavy atom. The van der Waals surface area contributed by atoms with E-state index in [4.69, 9.17) is 4.42 Å². The molecule has 0 aliphatic carbocycles. The van der Waals surface area contributed by atoms with Gasteiger partial charge in [-0.05, 0) is 18.2 Å². The molecular weight excluding hydrogens is 372 g/mol. The topological polar surface area (TPSA) is 124 Å². The van der Waals surface area contributed by atoms with Gasteiger partial charge in [0, 0.05) is 38.6 Å². The lowest BCUT2D eigenvalue weighted by atomic mass is 10.0. The van der Waals surface area contributed by atoms with Gasteiger partial charge >= 0.3 is 11.8 Å². The second-order valence-corrected chi connectivity index (χ2v) is 6.93. The smallest absolute Gasteiger partial charge is 0.309 e. The Labute approximate surface area is 166 Å². The number of nitrogens with one attached hydrogen (secondary N) is 3. The molecule has 10 nitrogen and oxygen atoms in total. The molecule has 0 bridgehead atoms. The number of aromatic nitrogens is 4. The summed E-state index contributed by atoms with van der Waals surface area (Å²) in [5, 5.41) is 14.1. The minimum Gasteiger partial charge on any atom is -0.409 e. The molecule has 1 saturated heterocycles. The SMILES string of the molecule is O=C(NC1C=NC=CC1N1CCNCC1)c1nnc(-c2nc3ccccc3[nH]2)o1. The van der Waals surface area contributed by atoms with Crippen molar-refractivity contribution in [2.45, 2.75) is 12.1 Å². The number of benzene rings is 1. The highest BCUT2D eigenvalue weighted by molar-refractivity contribution is 5.92. The van der Waals surface area contributed by atoms with Gasteiger partial charge in [-0.15, -0.1) is 10.2 Å². The lowest BCUT2D eigenvalue weighted by Crippen LogP contribution is -2.57. The third-order valence-electron chi connectivity index (χ3n) is 5.07. The van der Waals surface area contributed by atoms with Crippen LogP contribution in [-0.4, -0.2) is 75.4 Å². The van der Waals surface area contributed by atoms with Crippen molar-refractivity contribution in [2.24, 2.45) is 4.99 Å². The summed E-state index contributed by atoms with van der Waals surface area (Å²) in [5.74, 6) is 0.0510. The van der Waals surface area contributed by atoms with Crippen LogP contribution in [0, 0.1) is 0 Å². The number of aliphatic imine (C=N–C) groups is 1. The Morgan fingerprint density at radius 3 is 2.93 bits per heavy atom. The Kier molecular flexibility index (Phi) is 4.62. The molecule has 5 rings (SSSR count). The van der Waals surface area contributed by atoms with E-state index in [-0.39, 0.29) is 23.9 Å². The molecule has 2 aliphatic rings. The van der Waals surface area contributed by atoms with Crippen LogP contribution in [0.3, 0.4) is 0 Å². The number of rotatable bonds is 4. The maximum atomic E-state index is 12.7. The molecule has 148 valence electrons. The molecule has 0 spiro atoms. The zero-order chi connectivity index (χ0) is 19.6. The van der Waals surface area contributed by atoms with Crippen LogP contribution in [0.15, 0.2) is 46.0 Å². The van der Waals surface area contributed by atoms with Gasteiger partial charge in [0.15, 0.2) is 5.82 Å². The third kappa shape index (κ3) is 3.55. The van der Waals surface area contributed by atoms with Crippen LogP contribution in [0.1, 0.15) is 10.7 Å². The number of hydrogen-bond donors (Lipinski definition) is 3. The van der Waals surface area contributed by atoms with Crippen LogP contribution in [0.5, 0.6) is 0 Å². The summed E-state index contributed by atoms with van der Waals surface area (Å²) in [5.41, 5.74) is 1.64. The molecule has 10 heteroatoms. The summed E-state index contributed by atoms with van der Waals surface area (Å²) >= 11 is 0. The van der Waals surface area contributed by atoms with Gasteiger partial charge in [-0.1, -0.05) is 12.1 Å². The lowest BCUT2D eigenvalue weighted by molar-refractivity contribution is 0.0890. The third-order valence-corrected chi connectivity index (χ3v) is 5.07. The number of para-hydroxylation sites is 2. The zero-order valence-electron chi connectivity index (χ0n) is 15.6. The Morgan fingerprint density at radius 1 is 1.21 bits per heavy atom. The van der Waals surface area contributed by atoms with Gasteiger partial charge in [-0.25, -0.2) is 4.98 Å². The summed E-state index contributed by atoms with van der Waals surface area (Å²) in [6, 6.07) is 7.36. The number of carbonyl (C=O) groups is 1. The van der Waals surface area contributed by atoms with Crippen LogP contribution < -0.4 is 10.6 Å². The number of piperazine rings is 1. The summed E-state index contributed by atoms with van der Waals surface area (Å²) in [6.07, 6.45) is 5.51. The molecule has 1 aromatic carbocycles. The summed E-state index contributed by atoms with van der Waals surface area (Å²) in [6.45, 7) is 3.66. The van der Waals surface area contributed by atoms with E-state index in [1.165, 1.54) is 0 Å². The molecule has 2 aliphatic heterocycles. The minimum absolute atomic E-state index is 0.0383. The number of amides is 1. The van der Waals surface area contributed by atoms with Crippen molar-refractivity contribution in [2.75, 3.05) is 26.2 Å². The molecule has 1 amide bonds. The number of carbonyl (C=O) groups excluding carboxylic acids is 1. The van der Waals surface area contributed by atoms with Crippen LogP contribution in [0.2, 0.25) is 0 Å². The number of imidazole rings is 1. The molecule has 2 aromatic heterocycles. The molecule has 1 fully saturated rings. The van der Waals surface area contributed by atoms with Crippen molar-refractivity contribution in [1.82, 2.24) is 35.7 Å². The maximum absolute atomic E-state index is 12.7. The van der Waals surface area contributed by atoms with Gasteiger partial charge in [-0.3, -0.25) is 14.7 Å². The van der Waals surface area contributed by atoms with Gasteiger partial charge < -0.3 is 20.0 Å². The van der Waals surface area contributed by atoms with Gasteiger partial charge in [-0.2, -0.15) is 0 Å². The van der Waals surface area contributed by atoms with Gasteiger partial charge in [0.1, 0.15) is 0 Å². The van der Waals surface area contributed by atoms with Gasteiger partial charge in [0.2, 0.25) is 0 Å². The predicted octanol–water partition coefficient (Wildman–Crippen LogP) is 0.583. The molecule has 2 unspecified atom stereocenters. The summed E-state index contributed by atoms with van der Waals surface area (Å²) in [7, 11) is 0. The highest BCUT2D eigenvalue weighted by Crippen LogP contribution is 2.19. The molecule has 0 saturated carbocycles. The monoisotopic (exact) mass is 392 g/mol. The second kappa shape index (κ2) is 7.57. The van der Waals surface area contributed by atoms with Crippen molar-refractivity contribution >= 4 is 23.2 Å². The van der Waals surface area contributed by atoms with Crippen molar-refractivity contribution in [3.63, 3.8) is 0 Å². The zero-order valence-corrected chi connectivity index (χ0v) is 15.6. The quantitative estimate of drug-likeness (QED) is 0.593. The maximum Gasteiger partial charge on any atom is 0.309 e. The average Bonchev–Trinajstić information content (AvgIpc) is 3.42. The van der Waals surface area contributed by atoms with Crippen molar-refractivity contribution < 1.29 is 9.21 Å². The molecule has 3 aromatic rings. The van der Waals surface area contributed by atoms with Crippen LogP contribution >= 0.6 is 0 Å². The predicted molar refractivity (Wildman–Crippen MR) is 107 cm³/mol. The molecular formula is C19H20N8O2. The van der Waals surface area contributed by atoms with E-state index in [0.717, 1.165) is 37.2 Å². The summed E-state index contributed by atoms with van der Waals surface area (Å²) in [4.78, 5) is 26.7. The molecule has 29 heavy (non-hydrogen) atoms. The van der Waals surface area contributed by atoms with E-state index < -0.39 is 5.91 Å².